The van der Waals surface area contributed by atoms with Crippen molar-refractivity contribution in [3.63, 3.8) is 0 Å². The van der Waals surface area contributed by atoms with E-state index in [4.69, 9.17) is 16.3 Å². The van der Waals surface area contributed by atoms with Gasteiger partial charge in [-0.1, -0.05) is 23.7 Å². The van der Waals surface area contributed by atoms with E-state index in [0.29, 0.717) is 17.5 Å². The van der Waals surface area contributed by atoms with Crippen LogP contribution in [0.2, 0.25) is 5.02 Å². The van der Waals surface area contributed by atoms with Gasteiger partial charge in [0, 0.05) is 25.7 Å². The van der Waals surface area contributed by atoms with Crippen molar-refractivity contribution >= 4 is 23.5 Å². The molecule has 0 aromatic heterocycles. The summed E-state index contributed by atoms with van der Waals surface area (Å²) in [6.45, 7) is 6.26. The first-order valence-electron chi connectivity index (χ1n) is 7.09. The van der Waals surface area contributed by atoms with Crippen LogP contribution in [0.3, 0.4) is 0 Å². The summed E-state index contributed by atoms with van der Waals surface area (Å²) in [5, 5.41) is 3.71. The van der Waals surface area contributed by atoms with Crippen LogP contribution in [-0.4, -0.2) is 43.1 Å². The second kappa shape index (κ2) is 8.03. The van der Waals surface area contributed by atoms with E-state index in [2.05, 4.69) is 10.3 Å². The number of ether oxygens (including phenoxy) is 1. The van der Waals surface area contributed by atoms with Gasteiger partial charge in [-0.3, -0.25) is 9.79 Å². The first-order valence-corrected chi connectivity index (χ1v) is 7.47. The second-order valence-corrected chi connectivity index (χ2v) is 6.41. The van der Waals surface area contributed by atoms with E-state index in [9.17, 15) is 4.79 Å². The number of hydrogen-bond acceptors (Lipinski definition) is 3. The van der Waals surface area contributed by atoms with Gasteiger partial charge >= 0.3 is 5.97 Å². The summed E-state index contributed by atoms with van der Waals surface area (Å²) in [5.74, 6) is 0.314. The number of nitrogens with zero attached hydrogens (tertiary/aromatic N) is 2. The fourth-order valence-corrected chi connectivity index (χ4v) is 1.98. The molecule has 122 valence electrons. The summed E-state index contributed by atoms with van der Waals surface area (Å²) in [5.41, 5.74) is 0.615. The lowest BCUT2D eigenvalue weighted by Crippen LogP contribution is -2.42. The minimum atomic E-state index is -0.489. The molecule has 0 unspecified atom stereocenters. The predicted molar refractivity (Wildman–Crippen MR) is 90.1 cm³/mol. The molecule has 1 N–H and O–H groups in total. The van der Waals surface area contributed by atoms with Crippen molar-refractivity contribution in [1.29, 1.82) is 0 Å². The van der Waals surface area contributed by atoms with Crippen LogP contribution >= 0.6 is 11.6 Å². The molecule has 1 aromatic rings. The van der Waals surface area contributed by atoms with E-state index in [1.165, 1.54) is 0 Å². The van der Waals surface area contributed by atoms with Crippen molar-refractivity contribution in [2.24, 2.45) is 4.99 Å². The first-order chi connectivity index (χ1) is 10.2. The van der Waals surface area contributed by atoms with E-state index in [0.717, 1.165) is 5.56 Å². The molecule has 5 nitrogen and oxygen atoms in total. The van der Waals surface area contributed by atoms with Crippen LogP contribution in [0.5, 0.6) is 0 Å². The molecule has 0 atom stereocenters. The Labute approximate surface area is 137 Å². The topological polar surface area (TPSA) is 53.9 Å². The quantitative estimate of drug-likeness (QED) is 0.525. The Balaban J connectivity index is 2.53. The van der Waals surface area contributed by atoms with Crippen LogP contribution in [0, 0.1) is 0 Å². The molecule has 0 aliphatic carbocycles. The van der Waals surface area contributed by atoms with Crippen molar-refractivity contribution in [2.75, 3.05) is 20.6 Å². The fraction of sp³-hybridized carbons (Fsp3) is 0.500. The Morgan fingerprint density at radius 1 is 1.32 bits per heavy atom. The number of halogens is 1. The van der Waals surface area contributed by atoms with Gasteiger partial charge < -0.3 is 15.0 Å². The summed E-state index contributed by atoms with van der Waals surface area (Å²) >= 11 is 5.87. The highest BCUT2D eigenvalue weighted by Crippen LogP contribution is 2.11. The highest BCUT2D eigenvalue weighted by atomic mass is 35.5. The SMILES string of the molecule is CN=C(NCC(=O)OC(C)(C)C)N(C)Cc1ccc(Cl)cc1. The van der Waals surface area contributed by atoms with E-state index in [1.807, 2.05) is 57.0 Å². The predicted octanol–water partition coefficient (Wildman–Crippen LogP) is 2.69. The summed E-state index contributed by atoms with van der Waals surface area (Å²) in [7, 11) is 3.58. The van der Waals surface area contributed by atoms with Gasteiger partial charge in [-0.15, -0.1) is 0 Å². The van der Waals surface area contributed by atoms with Gasteiger partial charge in [0.15, 0.2) is 5.96 Å². The molecule has 0 radical (unpaired) electrons. The molecule has 0 saturated carbocycles. The zero-order chi connectivity index (χ0) is 16.8. The van der Waals surface area contributed by atoms with Crippen LogP contribution in [0.1, 0.15) is 26.3 Å². The number of guanidine groups is 1. The summed E-state index contributed by atoms with van der Waals surface area (Å²) in [4.78, 5) is 17.8. The third-order valence-corrected chi connectivity index (χ3v) is 2.97. The third-order valence-electron chi connectivity index (χ3n) is 2.72. The lowest BCUT2D eigenvalue weighted by molar-refractivity contribution is -0.153. The molecule has 0 aliphatic rings. The number of carbonyl (C=O) groups excluding carboxylic acids is 1. The third kappa shape index (κ3) is 6.80. The standard InChI is InChI=1S/C16H24ClN3O2/c1-16(2,3)22-14(21)10-19-15(18-4)20(5)11-12-6-8-13(17)9-7-12/h6-9H,10-11H2,1-5H3,(H,18,19). The average Bonchev–Trinajstić information content (AvgIpc) is 2.40. The summed E-state index contributed by atoms with van der Waals surface area (Å²) in [6, 6.07) is 7.61. The van der Waals surface area contributed by atoms with Crippen LogP contribution < -0.4 is 5.32 Å². The molecule has 6 heteroatoms. The van der Waals surface area contributed by atoms with Crippen molar-refractivity contribution < 1.29 is 9.53 Å². The second-order valence-electron chi connectivity index (χ2n) is 5.97. The van der Waals surface area contributed by atoms with Crippen molar-refractivity contribution in [3.05, 3.63) is 34.9 Å². The molecule has 1 aromatic carbocycles. The molecule has 22 heavy (non-hydrogen) atoms. The highest BCUT2D eigenvalue weighted by Gasteiger charge is 2.17. The van der Waals surface area contributed by atoms with Crippen molar-refractivity contribution in [3.8, 4) is 0 Å². The van der Waals surface area contributed by atoms with Crippen molar-refractivity contribution in [1.82, 2.24) is 10.2 Å². The number of benzene rings is 1. The highest BCUT2D eigenvalue weighted by molar-refractivity contribution is 6.30. The van der Waals surface area contributed by atoms with E-state index in [-0.39, 0.29) is 12.5 Å². The smallest absolute Gasteiger partial charge is 0.325 e. The lowest BCUT2D eigenvalue weighted by Gasteiger charge is -2.23. The van der Waals surface area contributed by atoms with Gasteiger partial charge in [0.25, 0.3) is 0 Å². The Morgan fingerprint density at radius 3 is 2.41 bits per heavy atom. The maximum Gasteiger partial charge on any atom is 0.325 e. The molecular weight excluding hydrogens is 302 g/mol. The Bertz CT molecular complexity index is 521. The molecule has 0 saturated heterocycles. The van der Waals surface area contributed by atoms with Gasteiger partial charge in [0.05, 0.1) is 0 Å². The molecule has 0 fully saturated rings. The van der Waals surface area contributed by atoms with Gasteiger partial charge in [-0.05, 0) is 38.5 Å². The zero-order valence-electron chi connectivity index (χ0n) is 13.8. The Morgan fingerprint density at radius 2 is 1.91 bits per heavy atom. The van der Waals surface area contributed by atoms with E-state index >= 15 is 0 Å². The van der Waals surface area contributed by atoms with E-state index < -0.39 is 5.60 Å². The minimum Gasteiger partial charge on any atom is -0.459 e. The summed E-state index contributed by atoms with van der Waals surface area (Å²) in [6.07, 6.45) is 0. The zero-order valence-corrected chi connectivity index (χ0v) is 14.6. The molecule has 0 bridgehead atoms. The Hall–Kier alpha value is -1.75. The number of hydrogen-bond donors (Lipinski definition) is 1. The Kier molecular flexibility index (Phi) is 6.68. The maximum absolute atomic E-state index is 11.7. The number of esters is 1. The summed E-state index contributed by atoms with van der Waals surface area (Å²) < 4.78 is 5.25. The molecule has 0 heterocycles. The number of rotatable bonds is 4. The average molecular weight is 326 g/mol. The fourth-order valence-electron chi connectivity index (χ4n) is 1.85. The maximum atomic E-state index is 11.7. The van der Waals surface area contributed by atoms with Crippen molar-refractivity contribution in [2.45, 2.75) is 32.9 Å². The molecule has 1 rings (SSSR count). The first kappa shape index (κ1) is 18.3. The van der Waals surface area contributed by atoms with Crippen LogP contribution in [-0.2, 0) is 16.1 Å². The number of aliphatic imine (C=N–C) groups is 1. The number of nitrogens with one attached hydrogen (secondary N) is 1. The normalized spacial score (nSPS) is 12.0. The largest absolute Gasteiger partial charge is 0.459 e. The number of carbonyl (C=O) groups is 1. The molecule has 0 aliphatic heterocycles. The van der Waals surface area contributed by atoms with Crippen LogP contribution in [0.4, 0.5) is 0 Å². The monoisotopic (exact) mass is 325 g/mol. The van der Waals surface area contributed by atoms with Gasteiger partial charge in [-0.25, -0.2) is 0 Å². The van der Waals surface area contributed by atoms with Crippen LogP contribution in [0.25, 0.3) is 0 Å². The minimum absolute atomic E-state index is 0.0783. The van der Waals surface area contributed by atoms with E-state index in [1.54, 1.807) is 7.05 Å². The molecule has 0 amide bonds. The van der Waals surface area contributed by atoms with Crippen LogP contribution in [0.15, 0.2) is 29.3 Å². The lowest BCUT2D eigenvalue weighted by atomic mass is 10.2. The van der Waals surface area contributed by atoms with Gasteiger partial charge in [0.1, 0.15) is 12.1 Å². The van der Waals surface area contributed by atoms with Gasteiger partial charge in [0.2, 0.25) is 0 Å². The van der Waals surface area contributed by atoms with Gasteiger partial charge in [-0.2, -0.15) is 0 Å². The molecular formula is C16H24ClN3O2. The molecule has 0 spiro atoms.